The number of amides is 1. The molecule has 1 aromatic carbocycles. The van der Waals surface area contributed by atoms with Crippen molar-refractivity contribution < 1.29 is 19.4 Å². The van der Waals surface area contributed by atoms with Gasteiger partial charge in [0.05, 0.1) is 19.6 Å². The van der Waals surface area contributed by atoms with Crippen LogP contribution in [0.5, 0.6) is 11.5 Å². The molecule has 0 heterocycles. The number of hydrogen-bond acceptors (Lipinski definition) is 4. The maximum absolute atomic E-state index is 12.2. The highest BCUT2D eigenvalue weighted by Crippen LogP contribution is 2.26. The normalized spacial score (nSPS) is 20.6. The molecule has 1 aliphatic rings. The van der Waals surface area contributed by atoms with Crippen molar-refractivity contribution in [3.63, 3.8) is 0 Å². The van der Waals surface area contributed by atoms with E-state index in [4.69, 9.17) is 9.47 Å². The number of nitrogens with one attached hydrogen (secondary N) is 1. The number of unbranched alkanes of at least 4 members (excludes halogenated alkanes) is 1. The quantitative estimate of drug-likeness (QED) is 0.716. The molecular formula is C19H29NO4. The lowest BCUT2D eigenvalue weighted by Gasteiger charge is -2.29. The number of phenols is 1. The first-order valence-corrected chi connectivity index (χ1v) is 8.89. The fourth-order valence-corrected chi connectivity index (χ4v) is 3.06. The molecule has 0 spiro atoms. The van der Waals surface area contributed by atoms with Crippen molar-refractivity contribution in [2.24, 2.45) is 0 Å². The molecule has 5 nitrogen and oxygen atoms in total. The number of carbonyl (C=O) groups is 1. The van der Waals surface area contributed by atoms with Gasteiger partial charge in [0.25, 0.3) is 0 Å². The van der Waals surface area contributed by atoms with E-state index in [1.54, 1.807) is 18.2 Å². The molecule has 1 fully saturated rings. The Bertz CT molecular complexity index is 524. The number of rotatable bonds is 8. The van der Waals surface area contributed by atoms with Crippen LogP contribution >= 0.6 is 0 Å². The van der Waals surface area contributed by atoms with Crippen LogP contribution in [0.1, 0.15) is 51.0 Å². The van der Waals surface area contributed by atoms with E-state index < -0.39 is 0 Å². The van der Waals surface area contributed by atoms with Crippen LogP contribution < -0.4 is 10.1 Å². The number of carbonyl (C=O) groups excluding carboxylic acids is 1. The summed E-state index contributed by atoms with van der Waals surface area (Å²) in [4.78, 5) is 12.2. The number of ether oxygens (including phenoxy) is 2. The van der Waals surface area contributed by atoms with E-state index in [-0.39, 0.29) is 17.7 Å². The molecule has 0 bridgehead atoms. The van der Waals surface area contributed by atoms with Gasteiger partial charge in [0, 0.05) is 12.6 Å². The van der Waals surface area contributed by atoms with E-state index in [1.807, 2.05) is 0 Å². The maximum atomic E-state index is 12.2. The topological polar surface area (TPSA) is 67.8 Å². The standard InChI is InChI=1S/C19H29NO4/c1-3-4-11-24-16-8-6-15(7-9-16)20-19(22)13-14-5-10-17(21)18(12-14)23-2/h5,10,12,15-16,21H,3-4,6-9,11,13H2,1-2H3,(H,20,22)/t15-,16-. The van der Waals surface area contributed by atoms with Crippen molar-refractivity contribution >= 4 is 5.91 Å². The third-order valence-corrected chi connectivity index (χ3v) is 4.50. The van der Waals surface area contributed by atoms with Gasteiger partial charge in [-0.05, 0) is 49.8 Å². The van der Waals surface area contributed by atoms with Crippen LogP contribution in [0.25, 0.3) is 0 Å². The maximum Gasteiger partial charge on any atom is 0.224 e. The first-order chi connectivity index (χ1) is 11.6. The Morgan fingerprint density at radius 1 is 1.29 bits per heavy atom. The van der Waals surface area contributed by atoms with Crippen molar-refractivity contribution in [3.05, 3.63) is 23.8 Å². The predicted molar refractivity (Wildman–Crippen MR) is 93.4 cm³/mol. The van der Waals surface area contributed by atoms with E-state index >= 15 is 0 Å². The largest absolute Gasteiger partial charge is 0.504 e. The highest BCUT2D eigenvalue weighted by Gasteiger charge is 2.22. The third kappa shape index (κ3) is 5.71. The zero-order valence-corrected chi connectivity index (χ0v) is 14.7. The molecule has 0 saturated heterocycles. The molecule has 0 unspecified atom stereocenters. The van der Waals surface area contributed by atoms with Crippen molar-refractivity contribution in [1.29, 1.82) is 0 Å². The Balaban J connectivity index is 1.73. The molecule has 1 aliphatic carbocycles. The summed E-state index contributed by atoms with van der Waals surface area (Å²) < 4.78 is 10.9. The van der Waals surface area contributed by atoms with Gasteiger partial charge in [0.15, 0.2) is 11.5 Å². The summed E-state index contributed by atoms with van der Waals surface area (Å²) in [5, 5.41) is 12.7. The Labute approximate surface area is 144 Å². The number of methoxy groups -OCH3 is 1. The van der Waals surface area contributed by atoms with Crippen molar-refractivity contribution in [3.8, 4) is 11.5 Å². The van der Waals surface area contributed by atoms with Gasteiger partial charge in [-0.15, -0.1) is 0 Å². The fourth-order valence-electron chi connectivity index (χ4n) is 3.06. The van der Waals surface area contributed by atoms with E-state index in [0.29, 0.717) is 18.3 Å². The van der Waals surface area contributed by atoms with Gasteiger partial charge >= 0.3 is 0 Å². The molecule has 1 aromatic rings. The molecule has 24 heavy (non-hydrogen) atoms. The Morgan fingerprint density at radius 2 is 2.04 bits per heavy atom. The summed E-state index contributed by atoms with van der Waals surface area (Å²) in [6, 6.07) is 5.24. The van der Waals surface area contributed by atoms with Crippen molar-refractivity contribution in [1.82, 2.24) is 5.32 Å². The summed E-state index contributed by atoms with van der Waals surface area (Å²) >= 11 is 0. The minimum absolute atomic E-state index is 0.0121. The first-order valence-electron chi connectivity index (χ1n) is 8.89. The van der Waals surface area contributed by atoms with Crippen LogP contribution in [-0.4, -0.2) is 36.9 Å². The van der Waals surface area contributed by atoms with Gasteiger partial charge in [-0.2, -0.15) is 0 Å². The second kappa shape index (κ2) is 9.52. The molecule has 0 atom stereocenters. The SMILES string of the molecule is CCCCO[C@H]1CC[C@H](NC(=O)Cc2ccc(O)c(OC)c2)CC1. The van der Waals surface area contributed by atoms with E-state index in [1.165, 1.54) is 7.11 Å². The molecule has 134 valence electrons. The molecule has 1 amide bonds. The van der Waals surface area contributed by atoms with Crippen molar-refractivity contribution in [2.45, 2.75) is 64.0 Å². The van der Waals surface area contributed by atoms with Crippen LogP contribution in [-0.2, 0) is 16.0 Å². The highest BCUT2D eigenvalue weighted by molar-refractivity contribution is 5.79. The molecule has 0 radical (unpaired) electrons. The van der Waals surface area contributed by atoms with Crippen LogP contribution in [0.15, 0.2) is 18.2 Å². The number of benzene rings is 1. The van der Waals surface area contributed by atoms with Crippen LogP contribution in [0.2, 0.25) is 0 Å². The lowest BCUT2D eigenvalue weighted by molar-refractivity contribution is -0.121. The van der Waals surface area contributed by atoms with Gasteiger partial charge < -0.3 is 19.9 Å². The van der Waals surface area contributed by atoms with E-state index in [9.17, 15) is 9.90 Å². The second-order valence-electron chi connectivity index (χ2n) is 6.45. The lowest BCUT2D eigenvalue weighted by Crippen LogP contribution is -2.39. The molecule has 1 saturated carbocycles. The predicted octanol–water partition coefficient (Wildman–Crippen LogP) is 3.19. The van der Waals surface area contributed by atoms with Crippen LogP contribution in [0.4, 0.5) is 0 Å². The lowest BCUT2D eigenvalue weighted by atomic mass is 9.92. The summed E-state index contributed by atoms with van der Waals surface area (Å²) in [5.41, 5.74) is 0.832. The summed E-state index contributed by atoms with van der Waals surface area (Å²) in [6.45, 7) is 3.01. The zero-order valence-electron chi connectivity index (χ0n) is 14.7. The number of phenolic OH excluding ortho intramolecular Hbond substituents is 1. The van der Waals surface area contributed by atoms with Crippen LogP contribution in [0.3, 0.4) is 0 Å². The molecule has 0 aromatic heterocycles. The van der Waals surface area contributed by atoms with E-state index in [0.717, 1.165) is 50.7 Å². The summed E-state index contributed by atoms with van der Waals surface area (Å²) in [6.07, 6.45) is 6.90. The Morgan fingerprint density at radius 3 is 2.71 bits per heavy atom. The molecule has 2 rings (SSSR count). The summed E-state index contributed by atoms with van der Waals surface area (Å²) in [5.74, 6) is 0.492. The van der Waals surface area contributed by atoms with Gasteiger partial charge in [0.1, 0.15) is 0 Å². The number of hydrogen-bond donors (Lipinski definition) is 2. The number of aromatic hydroxyl groups is 1. The van der Waals surface area contributed by atoms with Gasteiger partial charge in [-0.3, -0.25) is 4.79 Å². The van der Waals surface area contributed by atoms with Gasteiger partial charge in [-0.25, -0.2) is 0 Å². The zero-order chi connectivity index (χ0) is 17.4. The Kier molecular flexibility index (Phi) is 7.37. The van der Waals surface area contributed by atoms with Gasteiger partial charge in [-0.1, -0.05) is 19.4 Å². The molecular weight excluding hydrogens is 306 g/mol. The Hall–Kier alpha value is -1.75. The minimum atomic E-state index is 0.0121. The second-order valence-corrected chi connectivity index (χ2v) is 6.45. The monoisotopic (exact) mass is 335 g/mol. The van der Waals surface area contributed by atoms with Crippen LogP contribution in [0, 0.1) is 0 Å². The fraction of sp³-hybridized carbons (Fsp3) is 0.632. The van der Waals surface area contributed by atoms with Gasteiger partial charge in [0.2, 0.25) is 5.91 Å². The summed E-state index contributed by atoms with van der Waals surface area (Å²) in [7, 11) is 1.50. The first kappa shape index (κ1) is 18.6. The average molecular weight is 335 g/mol. The molecule has 5 heteroatoms. The third-order valence-electron chi connectivity index (χ3n) is 4.50. The molecule has 0 aliphatic heterocycles. The smallest absolute Gasteiger partial charge is 0.224 e. The molecule has 2 N–H and O–H groups in total. The average Bonchev–Trinajstić information content (AvgIpc) is 2.58. The minimum Gasteiger partial charge on any atom is -0.504 e. The van der Waals surface area contributed by atoms with Crippen molar-refractivity contribution in [2.75, 3.05) is 13.7 Å². The van der Waals surface area contributed by atoms with E-state index in [2.05, 4.69) is 12.2 Å². The highest BCUT2D eigenvalue weighted by atomic mass is 16.5.